The van der Waals surface area contributed by atoms with E-state index in [1.165, 1.54) is 0 Å². The molecule has 1 amide bonds. The lowest BCUT2D eigenvalue weighted by Gasteiger charge is -2.21. The summed E-state index contributed by atoms with van der Waals surface area (Å²) in [5, 5.41) is 4.32. The lowest BCUT2D eigenvalue weighted by molar-refractivity contribution is -0.122. The quantitative estimate of drug-likeness (QED) is 0.398. The largest absolute Gasteiger partial charge is 0.497 e. The number of nitrogens with one attached hydrogen (secondary N) is 1. The number of nitrogens with zero attached hydrogens (tertiary/aromatic N) is 3. The fourth-order valence-corrected chi connectivity index (χ4v) is 4.35. The van der Waals surface area contributed by atoms with E-state index in [0.29, 0.717) is 16.6 Å². The third-order valence-electron chi connectivity index (χ3n) is 6.05. The Morgan fingerprint density at radius 2 is 1.59 bits per heavy atom. The maximum atomic E-state index is 13.4. The molecule has 2 aromatic heterocycles. The molecule has 7 nitrogen and oxygen atoms in total. The van der Waals surface area contributed by atoms with E-state index in [0.717, 1.165) is 22.3 Å². The molecule has 0 fully saturated rings. The number of imidazole rings is 1. The molecular weight excluding hydrogens is 428 g/mol. The van der Waals surface area contributed by atoms with Crippen LogP contribution in [0, 0.1) is 0 Å². The second-order valence-electron chi connectivity index (χ2n) is 8.12. The number of ether oxygens (including phenoxy) is 1. The fourth-order valence-electron chi connectivity index (χ4n) is 4.35. The first-order valence-electron chi connectivity index (χ1n) is 11.0. The van der Waals surface area contributed by atoms with Crippen molar-refractivity contribution in [1.82, 2.24) is 19.4 Å². The summed E-state index contributed by atoms with van der Waals surface area (Å²) in [6.45, 7) is 0.0540. The average molecular weight is 453 g/mol. The highest BCUT2D eigenvalue weighted by atomic mass is 16.5. The zero-order valence-electron chi connectivity index (χ0n) is 18.9. The number of pyridine rings is 1. The molecule has 2 heterocycles. The summed E-state index contributed by atoms with van der Waals surface area (Å²) in [5.74, 6) is 1.26. The third-order valence-corrected chi connectivity index (χ3v) is 6.05. The minimum Gasteiger partial charge on any atom is -0.497 e. The van der Waals surface area contributed by atoms with Gasteiger partial charge in [-0.3, -0.25) is 9.59 Å². The van der Waals surface area contributed by atoms with Crippen LogP contribution in [0.5, 0.6) is 5.75 Å². The van der Waals surface area contributed by atoms with E-state index >= 15 is 0 Å². The fraction of sp³-hybridized carbons (Fsp3) is 0.148. The number of hydrogen-bond acceptors (Lipinski definition) is 4. The first-order valence-corrected chi connectivity index (χ1v) is 11.0. The molecule has 0 aliphatic rings. The Bertz CT molecular complexity index is 1490. The van der Waals surface area contributed by atoms with Crippen LogP contribution < -0.4 is 15.5 Å². The van der Waals surface area contributed by atoms with Gasteiger partial charge < -0.3 is 19.2 Å². The Balaban J connectivity index is 1.55. The summed E-state index contributed by atoms with van der Waals surface area (Å²) >= 11 is 0. The van der Waals surface area contributed by atoms with Crippen LogP contribution in [0.15, 0.2) is 90.0 Å². The van der Waals surface area contributed by atoms with Gasteiger partial charge in [0, 0.05) is 30.2 Å². The van der Waals surface area contributed by atoms with Crippen molar-refractivity contribution in [2.45, 2.75) is 12.6 Å². The molecule has 0 aliphatic heterocycles. The van der Waals surface area contributed by atoms with Gasteiger partial charge in [0.15, 0.2) is 5.43 Å². The van der Waals surface area contributed by atoms with Gasteiger partial charge in [-0.25, -0.2) is 4.98 Å². The van der Waals surface area contributed by atoms with E-state index < -0.39 is 6.04 Å². The van der Waals surface area contributed by atoms with Crippen LogP contribution in [0.25, 0.3) is 21.8 Å². The smallest absolute Gasteiger partial charge is 0.240 e. The molecule has 0 bridgehead atoms. The zero-order valence-corrected chi connectivity index (χ0v) is 18.9. The molecule has 0 saturated heterocycles. The summed E-state index contributed by atoms with van der Waals surface area (Å²) in [5.41, 5.74) is 2.30. The zero-order chi connectivity index (χ0) is 23.7. The first-order chi connectivity index (χ1) is 16.6. The minimum absolute atomic E-state index is 0.0352. The molecule has 0 aliphatic carbocycles. The van der Waals surface area contributed by atoms with E-state index in [-0.39, 0.29) is 17.9 Å². The molecule has 0 radical (unpaired) electrons. The van der Waals surface area contributed by atoms with E-state index in [2.05, 4.69) is 10.3 Å². The number of aryl methyl sites for hydroxylation is 1. The number of amides is 1. The van der Waals surface area contributed by atoms with Crippen molar-refractivity contribution in [1.29, 1.82) is 0 Å². The van der Waals surface area contributed by atoms with Crippen LogP contribution in [0.3, 0.4) is 0 Å². The second kappa shape index (κ2) is 8.86. The number of hydrogen-bond donors (Lipinski definition) is 1. The van der Waals surface area contributed by atoms with E-state index in [1.807, 2.05) is 83.0 Å². The molecule has 1 atom stereocenters. The van der Waals surface area contributed by atoms with Crippen LogP contribution in [-0.4, -0.2) is 27.1 Å². The summed E-state index contributed by atoms with van der Waals surface area (Å²) in [4.78, 5) is 30.9. The van der Waals surface area contributed by atoms with Crippen molar-refractivity contribution in [3.8, 4) is 5.75 Å². The van der Waals surface area contributed by atoms with Crippen molar-refractivity contribution in [2.24, 2.45) is 7.05 Å². The Morgan fingerprint density at radius 3 is 2.15 bits per heavy atom. The van der Waals surface area contributed by atoms with Gasteiger partial charge in [0.05, 0.1) is 18.1 Å². The summed E-state index contributed by atoms with van der Waals surface area (Å²) in [7, 11) is 3.51. The number of aromatic nitrogens is 3. The number of para-hydroxylation sites is 2. The van der Waals surface area contributed by atoms with Gasteiger partial charge in [-0.1, -0.05) is 36.4 Å². The van der Waals surface area contributed by atoms with Crippen LogP contribution in [0.1, 0.15) is 17.4 Å². The third kappa shape index (κ3) is 3.81. The SMILES string of the molecule is COc1ccc(C(NC(=O)Cn2c3ccccc3c(=O)c3ccccc32)c2nccn2C)cc1. The van der Waals surface area contributed by atoms with E-state index in [1.54, 1.807) is 25.4 Å². The van der Waals surface area contributed by atoms with Gasteiger partial charge in [0.1, 0.15) is 24.2 Å². The predicted molar refractivity (Wildman–Crippen MR) is 132 cm³/mol. The van der Waals surface area contributed by atoms with Gasteiger partial charge in [0.25, 0.3) is 0 Å². The van der Waals surface area contributed by atoms with Crippen molar-refractivity contribution < 1.29 is 9.53 Å². The number of carbonyl (C=O) groups excluding carboxylic acids is 1. The van der Waals surface area contributed by atoms with E-state index in [4.69, 9.17) is 4.74 Å². The highest BCUT2D eigenvalue weighted by Gasteiger charge is 2.22. The van der Waals surface area contributed by atoms with Gasteiger partial charge in [-0.15, -0.1) is 0 Å². The van der Waals surface area contributed by atoms with Crippen LogP contribution in [0.2, 0.25) is 0 Å². The predicted octanol–water partition coefficient (Wildman–Crippen LogP) is 3.80. The number of fused-ring (bicyclic) bond motifs is 2. The lowest BCUT2D eigenvalue weighted by Crippen LogP contribution is -2.34. The molecule has 170 valence electrons. The second-order valence-corrected chi connectivity index (χ2v) is 8.12. The summed E-state index contributed by atoms with van der Waals surface area (Å²) in [6, 6.07) is 21.9. The number of carbonyl (C=O) groups is 1. The molecule has 0 spiro atoms. The standard InChI is InChI=1S/C27H24N4O3/c1-30-16-15-28-27(30)25(18-11-13-19(34-2)14-12-18)29-24(32)17-31-22-9-5-3-7-20(22)26(33)21-8-4-6-10-23(21)31/h3-16,25H,17H2,1-2H3,(H,29,32). The highest BCUT2D eigenvalue weighted by molar-refractivity contribution is 5.94. The van der Waals surface area contributed by atoms with Crippen molar-refractivity contribution in [3.63, 3.8) is 0 Å². The normalized spacial score (nSPS) is 12.1. The molecule has 3 aromatic carbocycles. The molecule has 1 unspecified atom stereocenters. The lowest BCUT2D eigenvalue weighted by atomic mass is 10.1. The van der Waals surface area contributed by atoms with Gasteiger partial charge in [-0.2, -0.15) is 0 Å². The van der Waals surface area contributed by atoms with Crippen molar-refractivity contribution in [2.75, 3.05) is 7.11 Å². The van der Waals surface area contributed by atoms with Crippen molar-refractivity contribution >= 4 is 27.7 Å². The van der Waals surface area contributed by atoms with Crippen molar-refractivity contribution in [3.05, 3.63) is 107 Å². The van der Waals surface area contributed by atoms with E-state index in [9.17, 15) is 9.59 Å². The highest BCUT2D eigenvalue weighted by Crippen LogP contribution is 2.24. The minimum atomic E-state index is -0.449. The molecule has 0 saturated carbocycles. The monoisotopic (exact) mass is 452 g/mol. The Hall–Kier alpha value is -4.39. The van der Waals surface area contributed by atoms with Crippen LogP contribution in [0.4, 0.5) is 0 Å². The maximum Gasteiger partial charge on any atom is 0.240 e. The number of rotatable bonds is 6. The molecule has 7 heteroatoms. The molecule has 1 N–H and O–H groups in total. The Morgan fingerprint density at radius 1 is 0.971 bits per heavy atom. The maximum absolute atomic E-state index is 13.4. The van der Waals surface area contributed by atoms with Crippen LogP contribution in [-0.2, 0) is 18.4 Å². The topological polar surface area (TPSA) is 78.2 Å². The van der Waals surface area contributed by atoms with Gasteiger partial charge in [-0.05, 0) is 42.0 Å². The van der Waals surface area contributed by atoms with Gasteiger partial charge in [0.2, 0.25) is 5.91 Å². The van der Waals surface area contributed by atoms with Crippen LogP contribution >= 0.6 is 0 Å². The Kier molecular flexibility index (Phi) is 5.59. The summed E-state index contributed by atoms with van der Waals surface area (Å²) < 4.78 is 9.06. The summed E-state index contributed by atoms with van der Waals surface area (Å²) in [6.07, 6.45) is 3.56. The number of benzene rings is 3. The number of methoxy groups -OCH3 is 1. The van der Waals surface area contributed by atoms with Gasteiger partial charge >= 0.3 is 0 Å². The molecule has 34 heavy (non-hydrogen) atoms. The molecular formula is C27H24N4O3. The Labute approximate surface area is 196 Å². The molecule has 5 aromatic rings. The molecule has 5 rings (SSSR count). The average Bonchev–Trinajstić information content (AvgIpc) is 3.30. The first kappa shape index (κ1) is 21.5.